The second-order valence-corrected chi connectivity index (χ2v) is 8.13. The van der Waals surface area contributed by atoms with Gasteiger partial charge < -0.3 is 21.0 Å². The number of nitrogens with two attached hydrogens (primary N) is 2. The third-order valence-corrected chi connectivity index (χ3v) is 5.47. The molecule has 2 aromatic carbocycles. The van der Waals surface area contributed by atoms with Crippen molar-refractivity contribution in [1.82, 2.24) is 4.57 Å². The van der Waals surface area contributed by atoms with Crippen LogP contribution in [0.25, 0.3) is 0 Å². The maximum absolute atomic E-state index is 12.8. The van der Waals surface area contributed by atoms with E-state index in [4.69, 9.17) is 16.4 Å². The number of hydrogen-bond acceptors (Lipinski definition) is 6. The molecule has 7 nitrogen and oxygen atoms in total. The molecule has 0 atom stereocenters. The van der Waals surface area contributed by atoms with Crippen LogP contribution in [0, 0.1) is 5.92 Å². The monoisotopic (exact) mass is 429 g/mol. The molecule has 0 spiro atoms. The Labute approximate surface area is 187 Å². The molecule has 0 amide bonds. The molecule has 1 aliphatic rings. The van der Waals surface area contributed by atoms with Gasteiger partial charge in [0, 0.05) is 18.9 Å². The molecule has 1 fully saturated rings. The number of hydrogen-bond donors (Lipinski definition) is 2. The predicted octanol–water partition coefficient (Wildman–Crippen LogP) is 3.28. The number of nitrogens with zero attached hydrogens (tertiary/aromatic N) is 3. The van der Waals surface area contributed by atoms with Crippen molar-refractivity contribution < 1.29 is 9.53 Å². The number of esters is 1. The van der Waals surface area contributed by atoms with E-state index in [1.54, 1.807) is 12.4 Å². The van der Waals surface area contributed by atoms with Crippen molar-refractivity contribution in [1.29, 1.82) is 0 Å². The van der Waals surface area contributed by atoms with E-state index < -0.39 is 0 Å². The average molecular weight is 430 g/mol. The Hall–Kier alpha value is -3.87. The van der Waals surface area contributed by atoms with E-state index in [1.807, 2.05) is 65.5 Å². The molecule has 0 radical (unpaired) electrons. The second kappa shape index (κ2) is 9.96. The normalized spacial score (nSPS) is 13.8. The van der Waals surface area contributed by atoms with Crippen LogP contribution in [0.15, 0.2) is 71.1 Å². The largest absolute Gasteiger partial charge is 0.462 e. The number of benzene rings is 2. The van der Waals surface area contributed by atoms with Gasteiger partial charge in [-0.25, -0.2) is 4.79 Å². The minimum atomic E-state index is -0.262. The highest BCUT2D eigenvalue weighted by atomic mass is 16.5. The molecule has 0 unspecified atom stereocenters. The molecule has 1 heterocycles. The van der Waals surface area contributed by atoms with Crippen LogP contribution >= 0.6 is 0 Å². The van der Waals surface area contributed by atoms with Gasteiger partial charge in [0.2, 0.25) is 0 Å². The molecule has 4 N–H and O–H groups in total. The Bertz CT molecular complexity index is 1130. The summed E-state index contributed by atoms with van der Waals surface area (Å²) in [6.07, 6.45) is 10.0. The fraction of sp³-hybridized carbons (Fsp3) is 0.240. The second-order valence-electron chi connectivity index (χ2n) is 8.13. The van der Waals surface area contributed by atoms with E-state index in [-0.39, 0.29) is 5.97 Å². The molecule has 1 aliphatic carbocycles. The first kappa shape index (κ1) is 21.4. The van der Waals surface area contributed by atoms with Crippen LogP contribution in [0.3, 0.4) is 0 Å². The van der Waals surface area contributed by atoms with Gasteiger partial charge in [-0.2, -0.15) is 10.2 Å². The Morgan fingerprint density at radius 2 is 1.75 bits per heavy atom. The van der Waals surface area contributed by atoms with Crippen molar-refractivity contribution in [2.75, 3.05) is 6.61 Å². The van der Waals surface area contributed by atoms with Gasteiger partial charge in [-0.3, -0.25) is 0 Å². The van der Waals surface area contributed by atoms with Crippen molar-refractivity contribution in [3.8, 4) is 0 Å². The molecule has 4 rings (SSSR count). The van der Waals surface area contributed by atoms with Crippen LogP contribution in [-0.2, 0) is 17.7 Å². The zero-order valence-electron chi connectivity index (χ0n) is 17.9. The van der Waals surface area contributed by atoms with Crippen LogP contribution in [0.1, 0.15) is 51.0 Å². The van der Waals surface area contributed by atoms with Crippen LogP contribution in [0.2, 0.25) is 0 Å². The van der Waals surface area contributed by atoms with Crippen LogP contribution in [0.5, 0.6) is 0 Å². The zero-order chi connectivity index (χ0) is 22.3. The maximum atomic E-state index is 12.8. The SMILES string of the molecule is N/N=C\c1ccc(Cc2cn(Cc3cccc(/C=N\N)c3)cc2C(=O)OCC2CC2)cc1. The number of carbonyl (C=O) groups is 1. The zero-order valence-corrected chi connectivity index (χ0v) is 17.9. The number of ether oxygens (including phenoxy) is 1. The summed E-state index contributed by atoms with van der Waals surface area (Å²) < 4.78 is 7.61. The molecule has 0 aliphatic heterocycles. The number of rotatable bonds is 9. The smallest absolute Gasteiger partial charge is 0.339 e. The van der Waals surface area contributed by atoms with Gasteiger partial charge in [0.1, 0.15) is 0 Å². The van der Waals surface area contributed by atoms with Crippen LogP contribution in [-0.4, -0.2) is 29.6 Å². The summed E-state index contributed by atoms with van der Waals surface area (Å²) in [7, 11) is 0. The molecule has 0 bridgehead atoms. The molecule has 7 heteroatoms. The van der Waals surface area contributed by atoms with Gasteiger partial charge in [0.15, 0.2) is 0 Å². The number of hydrazone groups is 2. The summed E-state index contributed by atoms with van der Waals surface area (Å²) in [5.41, 5.74) is 5.59. The highest BCUT2D eigenvalue weighted by Crippen LogP contribution is 2.29. The van der Waals surface area contributed by atoms with Gasteiger partial charge in [-0.15, -0.1) is 0 Å². The lowest BCUT2D eigenvalue weighted by atomic mass is 10.0. The first-order valence-electron chi connectivity index (χ1n) is 10.6. The molecule has 1 saturated carbocycles. The standard InChI is InChI=1S/C25H27N5O2/c26-28-12-19-6-4-18(5-7-19)11-23-15-30(14-22-3-1-2-21(10-22)13-29-27)16-24(23)25(31)32-17-20-8-9-20/h1-7,10,12-13,15-16,20H,8-9,11,14,17,26-27H2/b28-12-,29-13-. The molecule has 3 aromatic rings. The number of aromatic nitrogens is 1. The molecule has 0 saturated heterocycles. The predicted molar refractivity (Wildman–Crippen MR) is 126 cm³/mol. The topological polar surface area (TPSA) is 108 Å². The third kappa shape index (κ3) is 5.63. The highest BCUT2D eigenvalue weighted by Gasteiger charge is 2.24. The third-order valence-electron chi connectivity index (χ3n) is 5.47. The number of carbonyl (C=O) groups excluding carboxylic acids is 1. The molecular formula is C25H27N5O2. The van der Waals surface area contributed by atoms with Crippen molar-refractivity contribution >= 4 is 18.4 Å². The van der Waals surface area contributed by atoms with Crippen LogP contribution in [0.4, 0.5) is 0 Å². The lowest BCUT2D eigenvalue weighted by Crippen LogP contribution is -2.09. The minimum absolute atomic E-state index is 0.262. The molecule has 1 aromatic heterocycles. The molecular weight excluding hydrogens is 402 g/mol. The van der Waals surface area contributed by atoms with Gasteiger partial charge in [0.05, 0.1) is 24.6 Å². The van der Waals surface area contributed by atoms with Crippen molar-refractivity contribution in [3.05, 3.63) is 94.3 Å². The summed E-state index contributed by atoms with van der Waals surface area (Å²) in [6, 6.07) is 15.9. The summed E-state index contributed by atoms with van der Waals surface area (Å²) in [6.45, 7) is 1.12. The van der Waals surface area contributed by atoms with Gasteiger partial charge in [-0.1, -0.05) is 42.5 Å². The summed E-state index contributed by atoms with van der Waals surface area (Å²) in [5.74, 6) is 10.8. The lowest BCUT2D eigenvalue weighted by Gasteiger charge is -2.05. The average Bonchev–Trinajstić information content (AvgIpc) is 3.54. The summed E-state index contributed by atoms with van der Waals surface area (Å²) >= 11 is 0. The maximum Gasteiger partial charge on any atom is 0.339 e. The van der Waals surface area contributed by atoms with Crippen LogP contribution < -0.4 is 11.7 Å². The van der Waals surface area contributed by atoms with E-state index in [0.29, 0.717) is 31.1 Å². The fourth-order valence-electron chi connectivity index (χ4n) is 3.62. The Kier molecular flexibility index (Phi) is 6.65. The lowest BCUT2D eigenvalue weighted by molar-refractivity contribution is 0.0485. The summed E-state index contributed by atoms with van der Waals surface area (Å²) in [5, 5.41) is 7.14. The van der Waals surface area contributed by atoms with Gasteiger partial charge >= 0.3 is 5.97 Å². The van der Waals surface area contributed by atoms with Crippen molar-refractivity contribution in [3.63, 3.8) is 0 Å². The fourth-order valence-corrected chi connectivity index (χ4v) is 3.62. The van der Waals surface area contributed by atoms with Crippen molar-refractivity contribution in [2.45, 2.75) is 25.8 Å². The van der Waals surface area contributed by atoms with Crippen molar-refractivity contribution in [2.24, 2.45) is 27.8 Å². The molecule has 32 heavy (non-hydrogen) atoms. The Morgan fingerprint density at radius 3 is 2.47 bits per heavy atom. The highest BCUT2D eigenvalue weighted by molar-refractivity contribution is 5.91. The first-order chi connectivity index (χ1) is 15.6. The van der Waals surface area contributed by atoms with Gasteiger partial charge in [-0.05, 0) is 59.1 Å². The molecule has 164 valence electrons. The minimum Gasteiger partial charge on any atom is -0.462 e. The quantitative estimate of drug-likeness (QED) is 0.235. The van der Waals surface area contributed by atoms with E-state index >= 15 is 0 Å². The van der Waals surface area contributed by atoms with E-state index in [1.165, 1.54) is 0 Å². The van der Waals surface area contributed by atoms with E-state index in [0.717, 1.165) is 40.7 Å². The Balaban J connectivity index is 1.57. The van der Waals surface area contributed by atoms with E-state index in [9.17, 15) is 4.79 Å². The Morgan fingerprint density at radius 1 is 1.00 bits per heavy atom. The summed E-state index contributed by atoms with van der Waals surface area (Å²) in [4.78, 5) is 12.8. The van der Waals surface area contributed by atoms with E-state index in [2.05, 4.69) is 10.2 Å². The van der Waals surface area contributed by atoms with Gasteiger partial charge in [0.25, 0.3) is 0 Å². The first-order valence-corrected chi connectivity index (χ1v) is 10.6.